The molecule has 0 aliphatic heterocycles. The zero-order chi connectivity index (χ0) is 39.5. The highest BCUT2D eigenvalue weighted by atomic mass is 32.1. The lowest BCUT2D eigenvalue weighted by atomic mass is 9.90. The van der Waals surface area contributed by atoms with Crippen LogP contribution in [-0.4, -0.2) is 13.7 Å². The van der Waals surface area contributed by atoms with Crippen LogP contribution in [0.1, 0.15) is 18.4 Å². The first-order valence-corrected chi connectivity index (χ1v) is 21.2. The molecule has 13 rings (SSSR count). The second kappa shape index (κ2) is 12.6. The SMILES string of the molecule is N#CC1=CC(n2c3ccccc3c3ccc4c(c5ccccc5n4-c4ccccc4)c32)=C(c2ccccc2-n2c3c#cccc3c3c4sc5ccccc5c4ccc32)CC1. The van der Waals surface area contributed by atoms with Gasteiger partial charge >= 0.3 is 0 Å². The van der Waals surface area contributed by atoms with Crippen LogP contribution in [0.4, 0.5) is 0 Å². The van der Waals surface area contributed by atoms with Gasteiger partial charge in [0.2, 0.25) is 0 Å². The Labute approximate surface area is 349 Å². The minimum atomic E-state index is 0.666. The van der Waals surface area contributed by atoms with E-state index in [1.807, 2.05) is 17.4 Å². The van der Waals surface area contributed by atoms with E-state index in [2.05, 4.69) is 196 Å². The summed E-state index contributed by atoms with van der Waals surface area (Å²) in [7, 11) is 0. The highest BCUT2D eigenvalue weighted by Gasteiger charge is 2.27. The maximum absolute atomic E-state index is 10.5. The van der Waals surface area contributed by atoms with Crippen LogP contribution in [0.25, 0.3) is 108 Å². The molecule has 1 aliphatic rings. The van der Waals surface area contributed by atoms with E-state index in [1.165, 1.54) is 58.1 Å². The third-order valence-corrected chi connectivity index (χ3v) is 13.8. The number of para-hydroxylation sites is 4. The Kier molecular flexibility index (Phi) is 6.96. The predicted octanol–water partition coefficient (Wildman–Crippen LogP) is 14.6. The Morgan fingerprint density at radius 2 is 1.23 bits per heavy atom. The summed E-state index contributed by atoms with van der Waals surface area (Å²) in [6.07, 6.45) is 3.54. The van der Waals surface area contributed by atoms with Gasteiger partial charge in [0.25, 0.3) is 0 Å². The largest absolute Gasteiger partial charge is 0.309 e. The van der Waals surface area contributed by atoms with Crippen molar-refractivity contribution >= 4 is 108 Å². The van der Waals surface area contributed by atoms with Crippen LogP contribution in [0.15, 0.2) is 175 Å². The van der Waals surface area contributed by atoms with Crippen molar-refractivity contribution < 1.29 is 0 Å². The fraction of sp³-hybridized carbons (Fsp3) is 0.0364. The predicted molar refractivity (Wildman–Crippen MR) is 251 cm³/mol. The van der Waals surface area contributed by atoms with E-state index in [0.717, 1.165) is 67.7 Å². The van der Waals surface area contributed by atoms with Gasteiger partial charge in [-0.25, -0.2) is 0 Å². The molecule has 0 N–H and O–H groups in total. The monoisotopic (exact) mass is 780 g/mol. The lowest BCUT2D eigenvalue weighted by Gasteiger charge is -2.23. The Morgan fingerprint density at radius 3 is 2.08 bits per heavy atom. The maximum Gasteiger partial charge on any atom is 0.105 e. The van der Waals surface area contributed by atoms with Gasteiger partial charge in [0.1, 0.15) is 5.52 Å². The summed E-state index contributed by atoms with van der Waals surface area (Å²) in [5.41, 5.74) is 13.1. The highest BCUT2D eigenvalue weighted by molar-refractivity contribution is 7.26. The van der Waals surface area contributed by atoms with Crippen LogP contribution in [-0.2, 0) is 0 Å². The molecule has 0 amide bonds. The van der Waals surface area contributed by atoms with Crippen molar-refractivity contribution in [3.05, 3.63) is 193 Å². The van der Waals surface area contributed by atoms with Gasteiger partial charge < -0.3 is 13.7 Å². The Balaban J connectivity index is 1.16. The van der Waals surface area contributed by atoms with Gasteiger partial charge in [-0.1, -0.05) is 109 Å². The quantitative estimate of drug-likeness (QED) is 0.175. The molecule has 0 atom stereocenters. The van der Waals surface area contributed by atoms with E-state index in [1.54, 1.807) is 0 Å². The number of fused-ring (bicyclic) bond motifs is 14. The summed E-state index contributed by atoms with van der Waals surface area (Å²) in [6, 6.07) is 68.4. The fourth-order valence-corrected chi connectivity index (χ4v) is 11.4. The number of allylic oxidation sites excluding steroid dienone is 4. The van der Waals surface area contributed by atoms with E-state index in [4.69, 9.17) is 0 Å². The first kappa shape index (κ1) is 33.2. The molecule has 0 spiro atoms. The number of hydrogen-bond acceptors (Lipinski definition) is 2. The molecule has 278 valence electrons. The molecule has 4 aromatic heterocycles. The van der Waals surface area contributed by atoms with Crippen LogP contribution in [0, 0.1) is 23.5 Å². The van der Waals surface area contributed by atoms with Gasteiger partial charge in [-0.15, -0.1) is 11.3 Å². The molecule has 0 fully saturated rings. The molecule has 0 saturated heterocycles. The average molecular weight is 781 g/mol. The number of rotatable bonds is 4. The molecule has 0 bridgehead atoms. The molecule has 0 radical (unpaired) electrons. The first-order chi connectivity index (χ1) is 29.8. The summed E-state index contributed by atoms with van der Waals surface area (Å²) in [4.78, 5) is 0. The highest BCUT2D eigenvalue weighted by Crippen LogP contribution is 2.47. The number of thiophene rings is 1. The Bertz CT molecular complexity index is 3900. The van der Waals surface area contributed by atoms with Crippen LogP contribution in [0.5, 0.6) is 0 Å². The number of nitriles is 1. The lowest BCUT2D eigenvalue weighted by molar-refractivity contribution is 0.994. The summed E-state index contributed by atoms with van der Waals surface area (Å²) >= 11 is 1.86. The van der Waals surface area contributed by atoms with E-state index >= 15 is 0 Å². The standard InChI is InChI=1S/C55H32N4S/c56-33-34-26-27-38(36-16-4-9-21-44(36)58-47-24-12-7-20-43(47)53-49(58)31-29-41-39-18-8-13-25-51(39)60-55(41)53)50(32-34)59-45-22-10-5-17-37(45)40-28-30-48-52(54(40)59)42-19-6-11-23-46(42)57(48)35-14-2-1-3-15-35/h1-11,13-23,25,28-32H,26-27H2. The number of benzene rings is 7. The van der Waals surface area contributed by atoms with E-state index in [-0.39, 0.29) is 0 Å². The van der Waals surface area contributed by atoms with Crippen LogP contribution in [0.2, 0.25) is 0 Å². The van der Waals surface area contributed by atoms with Gasteiger partial charge in [-0.2, -0.15) is 5.26 Å². The van der Waals surface area contributed by atoms with Crippen molar-refractivity contribution in [2.24, 2.45) is 0 Å². The number of nitrogens with zero attached hydrogens (tertiary/aromatic N) is 4. The van der Waals surface area contributed by atoms with E-state index in [0.29, 0.717) is 6.42 Å². The number of hydrogen-bond donors (Lipinski definition) is 0. The Hall–Kier alpha value is -7.83. The van der Waals surface area contributed by atoms with Gasteiger partial charge in [0.05, 0.1) is 45.0 Å². The van der Waals surface area contributed by atoms with E-state index in [9.17, 15) is 5.26 Å². The maximum atomic E-state index is 10.5. The molecule has 4 heterocycles. The average Bonchev–Trinajstić information content (AvgIpc) is 4.05. The molecular weight excluding hydrogens is 749 g/mol. The number of aromatic nitrogens is 3. The molecule has 0 saturated carbocycles. The lowest BCUT2D eigenvalue weighted by Crippen LogP contribution is -2.07. The van der Waals surface area contributed by atoms with Crippen molar-refractivity contribution in [1.82, 2.24) is 13.7 Å². The van der Waals surface area contributed by atoms with Crippen molar-refractivity contribution in [3.8, 4) is 17.4 Å². The molecule has 12 aromatic rings. The third kappa shape index (κ3) is 4.50. The van der Waals surface area contributed by atoms with Crippen LogP contribution in [0.3, 0.4) is 0 Å². The molecule has 4 nitrogen and oxygen atoms in total. The van der Waals surface area contributed by atoms with Gasteiger partial charge in [-0.3, -0.25) is 0 Å². The van der Waals surface area contributed by atoms with Gasteiger partial charge in [-0.05, 0) is 91.2 Å². The fourth-order valence-electron chi connectivity index (χ4n) is 10.2. The normalized spacial score (nSPS) is 13.4. The molecule has 60 heavy (non-hydrogen) atoms. The van der Waals surface area contributed by atoms with Crippen molar-refractivity contribution in [3.63, 3.8) is 0 Å². The molecule has 0 unspecified atom stereocenters. The summed E-state index contributed by atoms with van der Waals surface area (Å²) in [5.74, 6) is 0. The second-order valence-corrected chi connectivity index (χ2v) is 16.7. The molecule has 8 aromatic carbocycles. The minimum absolute atomic E-state index is 0.666. The van der Waals surface area contributed by atoms with Crippen LogP contribution >= 0.6 is 11.3 Å². The van der Waals surface area contributed by atoms with E-state index < -0.39 is 0 Å². The summed E-state index contributed by atoms with van der Waals surface area (Å²) in [6.45, 7) is 0. The van der Waals surface area contributed by atoms with Crippen LogP contribution < -0.4 is 0 Å². The Morgan fingerprint density at radius 1 is 0.533 bits per heavy atom. The summed E-state index contributed by atoms with van der Waals surface area (Å²) < 4.78 is 9.82. The topological polar surface area (TPSA) is 38.6 Å². The van der Waals surface area contributed by atoms with Crippen molar-refractivity contribution in [2.45, 2.75) is 12.8 Å². The second-order valence-electron chi connectivity index (χ2n) is 15.7. The summed E-state index contributed by atoms with van der Waals surface area (Å²) in [5, 5.41) is 20.3. The first-order valence-electron chi connectivity index (χ1n) is 20.4. The van der Waals surface area contributed by atoms with Gasteiger partial charge in [0.15, 0.2) is 0 Å². The molecule has 5 heteroatoms. The molecular formula is C55H32N4S. The zero-order valence-electron chi connectivity index (χ0n) is 32.3. The van der Waals surface area contributed by atoms with Gasteiger partial charge in [0, 0.05) is 69.3 Å². The van der Waals surface area contributed by atoms with Crippen molar-refractivity contribution in [1.29, 1.82) is 5.26 Å². The smallest absolute Gasteiger partial charge is 0.105 e. The third-order valence-electron chi connectivity index (χ3n) is 12.6. The molecule has 1 aliphatic carbocycles. The minimum Gasteiger partial charge on any atom is -0.309 e. The van der Waals surface area contributed by atoms with Crippen molar-refractivity contribution in [2.75, 3.05) is 0 Å². The zero-order valence-corrected chi connectivity index (χ0v) is 33.1.